The summed E-state index contributed by atoms with van der Waals surface area (Å²) >= 11 is 5.93. The number of imidazole rings is 1. The molecule has 1 aromatic carbocycles. The number of carbonyl (C=O) groups excluding carboxylic acids is 1. The van der Waals surface area contributed by atoms with Gasteiger partial charge in [-0.2, -0.15) is 13.2 Å². The summed E-state index contributed by atoms with van der Waals surface area (Å²) in [5.74, 6) is -0.586. The van der Waals surface area contributed by atoms with E-state index in [-0.39, 0.29) is 16.4 Å². The predicted octanol–water partition coefficient (Wildman–Crippen LogP) is 4.88. The lowest BCUT2D eigenvalue weighted by atomic mass is 10.2. The van der Waals surface area contributed by atoms with Gasteiger partial charge in [-0.15, -0.1) is 0 Å². The Kier molecular flexibility index (Phi) is 4.20. The van der Waals surface area contributed by atoms with Crippen molar-refractivity contribution in [3.8, 4) is 0 Å². The monoisotopic (exact) mass is 367 g/mol. The van der Waals surface area contributed by atoms with E-state index in [2.05, 4.69) is 10.3 Å². The van der Waals surface area contributed by atoms with Gasteiger partial charge >= 0.3 is 6.18 Å². The number of halogens is 4. The molecule has 25 heavy (non-hydrogen) atoms. The van der Waals surface area contributed by atoms with E-state index in [4.69, 9.17) is 11.6 Å². The Bertz CT molecular complexity index is 979. The van der Waals surface area contributed by atoms with Gasteiger partial charge in [-0.3, -0.25) is 9.20 Å². The number of rotatable bonds is 2. The average molecular weight is 368 g/mol. The fourth-order valence-electron chi connectivity index (χ4n) is 2.57. The number of carbonyl (C=O) groups is 1. The second-order valence-corrected chi connectivity index (χ2v) is 5.98. The Morgan fingerprint density at radius 3 is 2.64 bits per heavy atom. The van der Waals surface area contributed by atoms with Crippen LogP contribution in [0.25, 0.3) is 5.65 Å². The molecule has 0 fully saturated rings. The fourth-order valence-corrected chi connectivity index (χ4v) is 2.73. The molecule has 0 saturated carbocycles. The molecule has 2 heterocycles. The van der Waals surface area contributed by atoms with Crippen LogP contribution < -0.4 is 5.32 Å². The Morgan fingerprint density at radius 2 is 1.96 bits per heavy atom. The zero-order valence-corrected chi connectivity index (χ0v) is 14.0. The number of pyridine rings is 1. The molecule has 8 heteroatoms. The van der Waals surface area contributed by atoms with Crippen molar-refractivity contribution in [3.63, 3.8) is 0 Å². The maximum absolute atomic E-state index is 12.9. The van der Waals surface area contributed by atoms with Gasteiger partial charge in [-0.1, -0.05) is 17.7 Å². The third kappa shape index (κ3) is 3.19. The lowest BCUT2D eigenvalue weighted by molar-refractivity contribution is -0.137. The highest BCUT2D eigenvalue weighted by Gasteiger charge is 2.31. The first-order valence-corrected chi connectivity index (χ1v) is 7.68. The molecule has 0 aliphatic carbocycles. The van der Waals surface area contributed by atoms with E-state index in [1.54, 1.807) is 23.6 Å². The minimum atomic E-state index is -4.53. The minimum absolute atomic E-state index is 0.0176. The van der Waals surface area contributed by atoms with E-state index in [0.717, 1.165) is 23.8 Å². The zero-order valence-electron chi connectivity index (χ0n) is 13.3. The molecule has 3 aromatic rings. The van der Waals surface area contributed by atoms with Gasteiger partial charge in [-0.05, 0) is 43.7 Å². The van der Waals surface area contributed by atoms with Crippen LogP contribution in [-0.4, -0.2) is 15.3 Å². The van der Waals surface area contributed by atoms with Crippen LogP contribution in [0.3, 0.4) is 0 Å². The van der Waals surface area contributed by atoms with E-state index in [9.17, 15) is 18.0 Å². The van der Waals surface area contributed by atoms with Crippen LogP contribution in [0.5, 0.6) is 0 Å². The van der Waals surface area contributed by atoms with Gasteiger partial charge in [0.25, 0.3) is 5.91 Å². The third-order valence-electron chi connectivity index (χ3n) is 3.78. The smallest absolute Gasteiger partial charge is 0.319 e. The Morgan fingerprint density at radius 1 is 1.24 bits per heavy atom. The zero-order chi connectivity index (χ0) is 18.4. The molecule has 1 N–H and O–H groups in total. The number of aryl methyl sites for hydroxylation is 2. The highest BCUT2D eigenvalue weighted by Crippen LogP contribution is 2.34. The highest BCUT2D eigenvalue weighted by atomic mass is 35.5. The quantitative estimate of drug-likeness (QED) is 0.702. The minimum Gasteiger partial charge on any atom is -0.319 e. The standard InChI is InChI=1S/C17H13ClF3N3O/c1-9-4-3-7-24-14(10(2)22-15(9)24)16(25)23-13-8-11(17(19,20)21)5-6-12(13)18/h3-8H,1-2H3,(H,23,25). The summed E-state index contributed by atoms with van der Waals surface area (Å²) < 4.78 is 40.2. The van der Waals surface area contributed by atoms with E-state index in [1.165, 1.54) is 0 Å². The summed E-state index contributed by atoms with van der Waals surface area (Å²) in [7, 11) is 0. The summed E-state index contributed by atoms with van der Waals surface area (Å²) in [5, 5.41) is 2.46. The van der Waals surface area contributed by atoms with Crippen molar-refractivity contribution < 1.29 is 18.0 Å². The number of anilines is 1. The SMILES string of the molecule is Cc1nc2c(C)cccn2c1C(=O)Nc1cc(C(F)(F)F)ccc1Cl. The molecular formula is C17H13ClF3N3O. The molecule has 0 unspecified atom stereocenters. The number of hydrogen-bond acceptors (Lipinski definition) is 2. The van der Waals surface area contributed by atoms with Crippen LogP contribution >= 0.6 is 11.6 Å². The summed E-state index contributed by atoms with van der Waals surface area (Å²) in [4.78, 5) is 17.0. The molecule has 0 atom stereocenters. The summed E-state index contributed by atoms with van der Waals surface area (Å²) in [6.45, 7) is 3.52. The van der Waals surface area contributed by atoms with Crippen molar-refractivity contribution in [2.45, 2.75) is 20.0 Å². The molecule has 0 aliphatic rings. The van der Waals surface area contributed by atoms with Crippen molar-refractivity contribution in [2.24, 2.45) is 0 Å². The molecule has 130 valence electrons. The van der Waals surface area contributed by atoms with Crippen molar-refractivity contribution in [1.82, 2.24) is 9.38 Å². The Balaban J connectivity index is 2.02. The number of nitrogens with zero attached hydrogens (tertiary/aromatic N) is 2. The largest absolute Gasteiger partial charge is 0.416 e. The van der Waals surface area contributed by atoms with Gasteiger partial charge < -0.3 is 5.32 Å². The second kappa shape index (κ2) is 6.07. The van der Waals surface area contributed by atoms with Crippen molar-refractivity contribution in [3.05, 3.63) is 64.1 Å². The second-order valence-electron chi connectivity index (χ2n) is 5.58. The molecule has 0 radical (unpaired) electrons. The van der Waals surface area contributed by atoms with E-state index < -0.39 is 17.6 Å². The van der Waals surface area contributed by atoms with Gasteiger partial charge in [0, 0.05) is 6.20 Å². The lowest BCUT2D eigenvalue weighted by Gasteiger charge is -2.12. The molecule has 1 amide bonds. The number of alkyl halides is 3. The molecule has 0 aliphatic heterocycles. The third-order valence-corrected chi connectivity index (χ3v) is 4.11. The van der Waals surface area contributed by atoms with Crippen LogP contribution in [0.2, 0.25) is 5.02 Å². The fraction of sp³-hybridized carbons (Fsp3) is 0.176. The number of benzene rings is 1. The van der Waals surface area contributed by atoms with Gasteiger partial charge in [-0.25, -0.2) is 4.98 Å². The summed E-state index contributed by atoms with van der Waals surface area (Å²) in [6, 6.07) is 6.39. The van der Waals surface area contributed by atoms with Crippen LogP contribution in [0.1, 0.15) is 27.3 Å². The van der Waals surface area contributed by atoms with Crippen molar-refractivity contribution in [2.75, 3.05) is 5.32 Å². The van der Waals surface area contributed by atoms with Crippen molar-refractivity contribution >= 4 is 28.8 Å². The van der Waals surface area contributed by atoms with Crippen LogP contribution in [0, 0.1) is 13.8 Å². The molecule has 0 bridgehead atoms. The van der Waals surface area contributed by atoms with Crippen LogP contribution in [0.4, 0.5) is 18.9 Å². The highest BCUT2D eigenvalue weighted by molar-refractivity contribution is 6.34. The number of nitrogens with one attached hydrogen (secondary N) is 1. The van der Waals surface area contributed by atoms with Gasteiger partial charge in [0.2, 0.25) is 0 Å². The molecular weight excluding hydrogens is 355 g/mol. The maximum Gasteiger partial charge on any atom is 0.416 e. The van der Waals surface area contributed by atoms with Gasteiger partial charge in [0.15, 0.2) is 0 Å². The topological polar surface area (TPSA) is 46.4 Å². The summed E-state index contributed by atoms with van der Waals surface area (Å²) in [6.07, 6.45) is -2.86. The summed E-state index contributed by atoms with van der Waals surface area (Å²) in [5.41, 5.74) is 1.20. The van der Waals surface area contributed by atoms with Gasteiger partial charge in [0.1, 0.15) is 11.3 Å². The first kappa shape index (κ1) is 17.3. The van der Waals surface area contributed by atoms with Crippen LogP contribution in [0.15, 0.2) is 36.5 Å². The van der Waals surface area contributed by atoms with E-state index >= 15 is 0 Å². The molecule has 0 saturated heterocycles. The Labute approximate surface area is 146 Å². The number of hydrogen-bond donors (Lipinski definition) is 1. The van der Waals surface area contributed by atoms with Crippen molar-refractivity contribution in [1.29, 1.82) is 0 Å². The number of fused-ring (bicyclic) bond motifs is 1. The average Bonchev–Trinajstić information content (AvgIpc) is 2.86. The molecule has 3 rings (SSSR count). The molecule has 2 aromatic heterocycles. The van der Waals surface area contributed by atoms with E-state index in [0.29, 0.717) is 11.3 Å². The number of amides is 1. The lowest BCUT2D eigenvalue weighted by Crippen LogP contribution is -2.16. The van der Waals surface area contributed by atoms with Gasteiger partial charge in [0.05, 0.1) is 22.0 Å². The Hall–Kier alpha value is -2.54. The van der Waals surface area contributed by atoms with E-state index in [1.807, 2.05) is 13.0 Å². The normalized spacial score (nSPS) is 11.8. The first-order chi connectivity index (χ1) is 11.7. The maximum atomic E-state index is 12.9. The molecule has 0 spiro atoms. The predicted molar refractivity (Wildman–Crippen MR) is 89.1 cm³/mol. The molecule has 4 nitrogen and oxygen atoms in total. The first-order valence-electron chi connectivity index (χ1n) is 7.31. The number of aromatic nitrogens is 2. The van der Waals surface area contributed by atoms with Crippen LogP contribution in [-0.2, 0) is 6.18 Å².